The van der Waals surface area contributed by atoms with Crippen molar-refractivity contribution in [3.63, 3.8) is 0 Å². The van der Waals surface area contributed by atoms with Gasteiger partial charge >= 0.3 is 0 Å². The van der Waals surface area contributed by atoms with E-state index in [-0.39, 0.29) is 24.8 Å². The van der Waals surface area contributed by atoms with Gasteiger partial charge in [-0.25, -0.2) is 0 Å². The summed E-state index contributed by atoms with van der Waals surface area (Å²) in [4.78, 5) is 32.1. The molecule has 0 unspecified atom stereocenters. The van der Waals surface area contributed by atoms with Crippen LogP contribution in [0.3, 0.4) is 0 Å². The molecule has 2 amide bonds. The Bertz CT molecular complexity index is 1120. The van der Waals surface area contributed by atoms with Crippen molar-refractivity contribution in [3.05, 3.63) is 83.7 Å². The third kappa shape index (κ3) is 6.96. The van der Waals surface area contributed by atoms with E-state index >= 15 is 0 Å². The minimum atomic E-state index is -0.693. The molecule has 0 spiro atoms. The summed E-state index contributed by atoms with van der Waals surface area (Å²) in [5.41, 5.74) is 2.53. The van der Waals surface area contributed by atoms with E-state index < -0.39 is 6.04 Å². The predicted octanol–water partition coefficient (Wildman–Crippen LogP) is 3.38. The summed E-state index contributed by atoms with van der Waals surface area (Å²) in [7, 11) is 4.71. The lowest BCUT2D eigenvalue weighted by molar-refractivity contribution is -0.140. The van der Waals surface area contributed by atoms with Crippen molar-refractivity contribution in [2.45, 2.75) is 32.5 Å². The number of methoxy groups -OCH3 is 3. The van der Waals surface area contributed by atoms with Crippen molar-refractivity contribution in [2.75, 3.05) is 21.3 Å². The standard InChI is InChI=1S/C27H31N3O5/c1-19(27(32)29-17-22-6-5-13-28-16-22)30(18-20-7-10-23(33-2)11-8-20)26(31)15-21-9-12-24(34-3)25(14-21)35-4/h5-14,16,19H,15,17-18H2,1-4H3,(H,29,32)/t19-/m0/s1. The van der Waals surface area contributed by atoms with E-state index in [0.29, 0.717) is 18.0 Å². The summed E-state index contributed by atoms with van der Waals surface area (Å²) in [6, 6.07) is 15.8. The van der Waals surface area contributed by atoms with Gasteiger partial charge in [-0.05, 0) is 53.9 Å². The average Bonchev–Trinajstić information content (AvgIpc) is 2.90. The van der Waals surface area contributed by atoms with Gasteiger partial charge in [0.25, 0.3) is 0 Å². The lowest BCUT2D eigenvalue weighted by Gasteiger charge is -2.29. The van der Waals surface area contributed by atoms with Gasteiger partial charge in [-0.1, -0.05) is 24.3 Å². The monoisotopic (exact) mass is 477 g/mol. The second-order valence-corrected chi connectivity index (χ2v) is 7.99. The number of carbonyl (C=O) groups is 2. The summed E-state index contributed by atoms with van der Waals surface area (Å²) in [5.74, 6) is 1.42. The van der Waals surface area contributed by atoms with Crippen LogP contribution >= 0.6 is 0 Å². The maximum Gasteiger partial charge on any atom is 0.242 e. The molecule has 0 bridgehead atoms. The molecule has 1 aromatic heterocycles. The molecule has 184 valence electrons. The SMILES string of the molecule is COc1ccc(CN(C(=O)Cc2ccc(OC)c(OC)c2)[C@@H](C)C(=O)NCc2cccnc2)cc1. The zero-order chi connectivity index (χ0) is 25.2. The first kappa shape index (κ1) is 25.6. The number of carbonyl (C=O) groups excluding carboxylic acids is 2. The van der Waals surface area contributed by atoms with Crippen molar-refractivity contribution < 1.29 is 23.8 Å². The van der Waals surface area contributed by atoms with Gasteiger partial charge in [-0.3, -0.25) is 14.6 Å². The molecule has 1 N–H and O–H groups in total. The van der Waals surface area contributed by atoms with Gasteiger partial charge < -0.3 is 24.4 Å². The van der Waals surface area contributed by atoms with Crippen LogP contribution in [0, 0.1) is 0 Å². The zero-order valence-electron chi connectivity index (χ0n) is 20.5. The molecule has 3 rings (SSSR count). The summed E-state index contributed by atoms with van der Waals surface area (Å²) in [5, 5.41) is 2.91. The molecular weight excluding hydrogens is 446 g/mol. The molecule has 0 fully saturated rings. The van der Waals surface area contributed by atoms with Gasteiger partial charge in [0.05, 0.1) is 27.8 Å². The maximum atomic E-state index is 13.5. The van der Waals surface area contributed by atoms with Crippen LogP contribution in [-0.2, 0) is 29.1 Å². The quantitative estimate of drug-likeness (QED) is 0.455. The highest BCUT2D eigenvalue weighted by atomic mass is 16.5. The van der Waals surface area contributed by atoms with Crippen molar-refractivity contribution in [1.82, 2.24) is 15.2 Å². The van der Waals surface area contributed by atoms with Gasteiger partial charge in [-0.15, -0.1) is 0 Å². The molecule has 0 aliphatic heterocycles. The van der Waals surface area contributed by atoms with Crippen LogP contribution in [-0.4, -0.2) is 49.1 Å². The number of hydrogen-bond donors (Lipinski definition) is 1. The number of aromatic nitrogens is 1. The van der Waals surface area contributed by atoms with E-state index in [0.717, 1.165) is 22.4 Å². The summed E-state index contributed by atoms with van der Waals surface area (Å²) >= 11 is 0. The molecule has 0 saturated carbocycles. The molecule has 0 aliphatic rings. The van der Waals surface area contributed by atoms with Gasteiger partial charge in [0.15, 0.2) is 11.5 Å². The molecule has 1 heterocycles. The van der Waals surface area contributed by atoms with Gasteiger partial charge in [0.2, 0.25) is 11.8 Å². The number of nitrogens with zero attached hydrogens (tertiary/aromatic N) is 2. The first-order chi connectivity index (χ1) is 16.9. The summed E-state index contributed by atoms with van der Waals surface area (Å²) < 4.78 is 15.9. The molecule has 3 aromatic rings. The van der Waals surface area contributed by atoms with Crippen molar-refractivity contribution in [1.29, 1.82) is 0 Å². The second kappa shape index (κ2) is 12.4. The topological polar surface area (TPSA) is 90.0 Å². The van der Waals surface area contributed by atoms with E-state index in [1.165, 1.54) is 0 Å². The highest BCUT2D eigenvalue weighted by molar-refractivity contribution is 5.88. The third-order valence-electron chi connectivity index (χ3n) is 5.67. The Morgan fingerprint density at radius 3 is 2.26 bits per heavy atom. The van der Waals surface area contributed by atoms with Crippen LogP contribution in [0.1, 0.15) is 23.6 Å². The minimum Gasteiger partial charge on any atom is -0.497 e. The Morgan fingerprint density at radius 2 is 1.63 bits per heavy atom. The number of pyridine rings is 1. The van der Waals surface area contributed by atoms with Gasteiger partial charge in [-0.2, -0.15) is 0 Å². The Balaban J connectivity index is 1.79. The molecule has 8 nitrogen and oxygen atoms in total. The van der Waals surface area contributed by atoms with Crippen LogP contribution < -0.4 is 19.5 Å². The predicted molar refractivity (Wildman–Crippen MR) is 132 cm³/mol. The molecule has 1 atom stereocenters. The summed E-state index contributed by atoms with van der Waals surface area (Å²) in [6.45, 7) is 2.34. The lowest BCUT2D eigenvalue weighted by Crippen LogP contribution is -2.48. The first-order valence-corrected chi connectivity index (χ1v) is 11.2. The highest BCUT2D eigenvalue weighted by Gasteiger charge is 2.26. The molecule has 0 aliphatic carbocycles. The van der Waals surface area contributed by atoms with Crippen LogP contribution in [0.5, 0.6) is 17.2 Å². The van der Waals surface area contributed by atoms with Gasteiger partial charge in [0.1, 0.15) is 11.8 Å². The van der Waals surface area contributed by atoms with Crippen molar-refractivity contribution in [3.8, 4) is 17.2 Å². The van der Waals surface area contributed by atoms with Crippen LogP contribution in [0.4, 0.5) is 0 Å². The normalized spacial score (nSPS) is 11.3. The van der Waals surface area contributed by atoms with Crippen molar-refractivity contribution in [2.24, 2.45) is 0 Å². The molecular formula is C27H31N3O5. The van der Waals surface area contributed by atoms with Gasteiger partial charge in [0, 0.05) is 25.5 Å². The third-order valence-corrected chi connectivity index (χ3v) is 5.67. The van der Waals surface area contributed by atoms with E-state index in [9.17, 15) is 9.59 Å². The maximum absolute atomic E-state index is 13.5. The first-order valence-electron chi connectivity index (χ1n) is 11.2. The number of rotatable bonds is 11. The second-order valence-electron chi connectivity index (χ2n) is 7.99. The molecule has 0 radical (unpaired) electrons. The fraction of sp³-hybridized carbons (Fsp3) is 0.296. The fourth-order valence-corrected chi connectivity index (χ4v) is 3.62. The molecule has 0 saturated heterocycles. The van der Waals surface area contributed by atoms with Crippen LogP contribution in [0.25, 0.3) is 0 Å². The highest BCUT2D eigenvalue weighted by Crippen LogP contribution is 2.28. The van der Waals surface area contributed by atoms with E-state index in [4.69, 9.17) is 14.2 Å². The Labute approximate surface area is 205 Å². The Kier molecular flexibility index (Phi) is 9.06. The van der Waals surface area contributed by atoms with E-state index in [1.54, 1.807) is 57.7 Å². The molecule has 2 aromatic carbocycles. The van der Waals surface area contributed by atoms with E-state index in [1.807, 2.05) is 42.5 Å². The number of hydrogen-bond acceptors (Lipinski definition) is 6. The number of benzene rings is 2. The zero-order valence-corrected chi connectivity index (χ0v) is 20.5. The fourth-order valence-electron chi connectivity index (χ4n) is 3.62. The average molecular weight is 478 g/mol. The lowest BCUT2D eigenvalue weighted by atomic mass is 10.1. The number of nitrogens with one attached hydrogen (secondary N) is 1. The smallest absolute Gasteiger partial charge is 0.242 e. The Morgan fingerprint density at radius 1 is 0.914 bits per heavy atom. The van der Waals surface area contributed by atoms with E-state index in [2.05, 4.69) is 10.3 Å². The van der Waals surface area contributed by atoms with Crippen LogP contribution in [0.15, 0.2) is 67.0 Å². The summed E-state index contributed by atoms with van der Waals surface area (Å²) in [6.07, 6.45) is 3.48. The number of amides is 2. The molecule has 35 heavy (non-hydrogen) atoms. The van der Waals surface area contributed by atoms with Crippen molar-refractivity contribution >= 4 is 11.8 Å². The molecule has 8 heteroatoms. The Hall–Kier alpha value is -4.07. The largest absolute Gasteiger partial charge is 0.497 e. The minimum absolute atomic E-state index is 0.108. The van der Waals surface area contributed by atoms with Crippen LogP contribution in [0.2, 0.25) is 0 Å². The number of ether oxygens (including phenoxy) is 3.